The average Bonchev–Trinajstić information content (AvgIpc) is 3.24. The lowest BCUT2D eigenvalue weighted by atomic mass is 10.1. The zero-order chi connectivity index (χ0) is 15.6. The van der Waals surface area contributed by atoms with Gasteiger partial charge in [-0.05, 0) is 25.0 Å². The first kappa shape index (κ1) is 14.7. The molecule has 5 heteroatoms. The van der Waals surface area contributed by atoms with Crippen LogP contribution in [-0.4, -0.2) is 51.3 Å². The maximum Gasteiger partial charge on any atom is 0.225 e. The fourth-order valence-corrected chi connectivity index (χ4v) is 3.85. The molecule has 0 radical (unpaired) electrons. The Bertz CT molecular complexity index is 648. The van der Waals surface area contributed by atoms with Gasteiger partial charge in [-0.25, -0.2) is 4.98 Å². The number of pyridine rings is 1. The summed E-state index contributed by atoms with van der Waals surface area (Å²) in [6.45, 7) is 4.50. The Morgan fingerprint density at radius 1 is 1.13 bits per heavy atom. The van der Waals surface area contributed by atoms with E-state index < -0.39 is 0 Å². The maximum absolute atomic E-state index is 12.5. The fourth-order valence-electron chi connectivity index (χ4n) is 3.85. The molecule has 1 aliphatic carbocycles. The summed E-state index contributed by atoms with van der Waals surface area (Å²) in [5.74, 6) is 0.704. The number of piperazine rings is 1. The summed E-state index contributed by atoms with van der Waals surface area (Å²) in [7, 11) is 0. The normalized spacial score (nSPS) is 20.4. The monoisotopic (exact) mass is 312 g/mol. The summed E-state index contributed by atoms with van der Waals surface area (Å²) in [6.07, 6.45) is 8.78. The Labute approximate surface area is 136 Å². The van der Waals surface area contributed by atoms with E-state index in [0.29, 0.717) is 11.8 Å². The fraction of sp³-hybridized carbons (Fsp3) is 0.556. The first-order valence-corrected chi connectivity index (χ1v) is 8.73. The molecule has 0 atom stereocenters. The number of carbonyl (C=O) groups is 1. The van der Waals surface area contributed by atoms with Gasteiger partial charge in [0.2, 0.25) is 5.91 Å². The minimum atomic E-state index is 0.306. The zero-order valence-electron chi connectivity index (χ0n) is 13.5. The quantitative estimate of drug-likeness (QED) is 0.872. The van der Waals surface area contributed by atoms with Crippen LogP contribution in [0.3, 0.4) is 0 Å². The van der Waals surface area contributed by atoms with Gasteiger partial charge in [0.05, 0.1) is 5.69 Å². The lowest BCUT2D eigenvalue weighted by Gasteiger charge is -2.35. The summed E-state index contributed by atoms with van der Waals surface area (Å²) in [5, 5.41) is 0. The Kier molecular flexibility index (Phi) is 4.04. The summed E-state index contributed by atoms with van der Waals surface area (Å²) in [5.41, 5.74) is 2.10. The van der Waals surface area contributed by atoms with Crippen LogP contribution in [0.2, 0.25) is 0 Å². The highest BCUT2D eigenvalue weighted by atomic mass is 16.2. The van der Waals surface area contributed by atoms with Crippen molar-refractivity contribution in [3.05, 3.63) is 36.3 Å². The molecule has 122 valence electrons. The summed E-state index contributed by atoms with van der Waals surface area (Å²) in [4.78, 5) is 21.6. The third-order valence-corrected chi connectivity index (χ3v) is 5.19. The standard InChI is InChI=1S/C18H24N4O/c23-18(15-5-1-2-6-15)21-11-9-20(10-12-21)13-16-14-22-8-4-3-7-17(22)19-16/h3-4,7-8,14-15H,1-2,5-6,9-13H2. The van der Waals surface area contributed by atoms with Gasteiger partial charge in [-0.15, -0.1) is 0 Å². The SMILES string of the molecule is O=C(C1CCCC1)N1CCN(Cc2cn3ccccc3n2)CC1. The molecule has 0 spiro atoms. The number of aromatic nitrogens is 2. The van der Waals surface area contributed by atoms with Crippen LogP contribution in [0.5, 0.6) is 0 Å². The predicted octanol–water partition coefficient (Wildman–Crippen LogP) is 2.17. The molecule has 2 aromatic rings. The van der Waals surface area contributed by atoms with E-state index >= 15 is 0 Å². The van der Waals surface area contributed by atoms with E-state index in [1.54, 1.807) is 0 Å². The second kappa shape index (κ2) is 6.32. The van der Waals surface area contributed by atoms with Crippen molar-refractivity contribution < 1.29 is 4.79 Å². The highest BCUT2D eigenvalue weighted by Gasteiger charge is 2.29. The molecule has 2 aliphatic rings. The van der Waals surface area contributed by atoms with E-state index in [1.807, 2.05) is 24.4 Å². The first-order valence-electron chi connectivity index (χ1n) is 8.73. The number of carbonyl (C=O) groups excluding carboxylic acids is 1. The number of fused-ring (bicyclic) bond motifs is 1. The van der Waals surface area contributed by atoms with Crippen LogP contribution in [0.25, 0.3) is 5.65 Å². The van der Waals surface area contributed by atoms with Crippen molar-refractivity contribution in [2.24, 2.45) is 5.92 Å². The number of imidazole rings is 1. The lowest BCUT2D eigenvalue weighted by molar-refractivity contribution is -0.137. The van der Waals surface area contributed by atoms with Crippen molar-refractivity contribution >= 4 is 11.6 Å². The van der Waals surface area contributed by atoms with Crippen LogP contribution in [0.15, 0.2) is 30.6 Å². The van der Waals surface area contributed by atoms with Crippen molar-refractivity contribution in [2.75, 3.05) is 26.2 Å². The van der Waals surface area contributed by atoms with E-state index in [9.17, 15) is 4.79 Å². The van der Waals surface area contributed by atoms with Crippen molar-refractivity contribution in [3.63, 3.8) is 0 Å². The highest BCUT2D eigenvalue weighted by molar-refractivity contribution is 5.79. The second-order valence-corrected chi connectivity index (χ2v) is 6.78. The predicted molar refractivity (Wildman–Crippen MR) is 89.0 cm³/mol. The average molecular weight is 312 g/mol. The van der Waals surface area contributed by atoms with Gasteiger partial charge in [0.1, 0.15) is 5.65 Å². The van der Waals surface area contributed by atoms with Gasteiger partial charge in [0.15, 0.2) is 0 Å². The molecular weight excluding hydrogens is 288 g/mol. The minimum absolute atomic E-state index is 0.306. The molecule has 5 nitrogen and oxygen atoms in total. The molecule has 1 aliphatic heterocycles. The molecule has 0 N–H and O–H groups in total. The zero-order valence-corrected chi connectivity index (χ0v) is 13.5. The molecule has 4 rings (SSSR count). The third-order valence-electron chi connectivity index (χ3n) is 5.19. The number of hydrogen-bond donors (Lipinski definition) is 0. The molecule has 0 unspecified atom stereocenters. The third kappa shape index (κ3) is 3.11. The van der Waals surface area contributed by atoms with Crippen molar-refractivity contribution in [1.82, 2.24) is 19.2 Å². The highest BCUT2D eigenvalue weighted by Crippen LogP contribution is 2.27. The summed E-state index contributed by atoms with van der Waals surface area (Å²) >= 11 is 0. The molecule has 3 heterocycles. The molecular formula is C18H24N4O. The van der Waals surface area contributed by atoms with Gasteiger partial charge in [-0.1, -0.05) is 18.9 Å². The van der Waals surface area contributed by atoms with Crippen molar-refractivity contribution in [2.45, 2.75) is 32.2 Å². The van der Waals surface area contributed by atoms with Gasteiger partial charge < -0.3 is 9.30 Å². The Balaban J connectivity index is 1.33. The smallest absolute Gasteiger partial charge is 0.225 e. The van der Waals surface area contributed by atoms with Gasteiger partial charge in [0, 0.05) is 51.0 Å². The Hall–Kier alpha value is -1.88. The van der Waals surface area contributed by atoms with Gasteiger partial charge in [-0.2, -0.15) is 0 Å². The van der Waals surface area contributed by atoms with Crippen LogP contribution in [0, 0.1) is 5.92 Å². The molecule has 0 bridgehead atoms. The van der Waals surface area contributed by atoms with E-state index in [4.69, 9.17) is 0 Å². The topological polar surface area (TPSA) is 40.9 Å². The Morgan fingerprint density at radius 2 is 1.91 bits per heavy atom. The lowest BCUT2D eigenvalue weighted by Crippen LogP contribution is -2.49. The summed E-state index contributed by atoms with van der Waals surface area (Å²) < 4.78 is 2.06. The van der Waals surface area contributed by atoms with E-state index in [-0.39, 0.29) is 0 Å². The number of hydrogen-bond acceptors (Lipinski definition) is 3. The van der Waals surface area contributed by atoms with Crippen LogP contribution in [0.1, 0.15) is 31.4 Å². The van der Waals surface area contributed by atoms with Crippen molar-refractivity contribution in [3.8, 4) is 0 Å². The molecule has 1 saturated carbocycles. The molecule has 23 heavy (non-hydrogen) atoms. The molecule has 0 aromatic carbocycles. The minimum Gasteiger partial charge on any atom is -0.340 e. The van der Waals surface area contributed by atoms with Crippen molar-refractivity contribution in [1.29, 1.82) is 0 Å². The van der Waals surface area contributed by atoms with Crippen LogP contribution < -0.4 is 0 Å². The largest absolute Gasteiger partial charge is 0.340 e. The van der Waals surface area contributed by atoms with E-state index in [1.165, 1.54) is 12.8 Å². The van der Waals surface area contributed by atoms with E-state index in [2.05, 4.69) is 25.4 Å². The molecule has 1 saturated heterocycles. The number of amides is 1. The number of nitrogens with zero attached hydrogens (tertiary/aromatic N) is 4. The maximum atomic E-state index is 12.5. The first-order chi connectivity index (χ1) is 11.3. The van der Waals surface area contributed by atoms with Gasteiger partial charge in [0.25, 0.3) is 0 Å². The van der Waals surface area contributed by atoms with E-state index in [0.717, 1.165) is 56.9 Å². The van der Waals surface area contributed by atoms with Crippen LogP contribution in [-0.2, 0) is 11.3 Å². The van der Waals surface area contributed by atoms with Crippen LogP contribution >= 0.6 is 0 Å². The molecule has 2 aromatic heterocycles. The second-order valence-electron chi connectivity index (χ2n) is 6.78. The van der Waals surface area contributed by atoms with Gasteiger partial charge in [-0.3, -0.25) is 9.69 Å². The summed E-state index contributed by atoms with van der Waals surface area (Å²) in [6, 6.07) is 6.06. The number of rotatable bonds is 3. The van der Waals surface area contributed by atoms with Gasteiger partial charge >= 0.3 is 0 Å². The molecule has 2 fully saturated rings. The van der Waals surface area contributed by atoms with Crippen LogP contribution in [0.4, 0.5) is 0 Å². The Morgan fingerprint density at radius 3 is 2.65 bits per heavy atom. The molecule has 1 amide bonds.